The molecule has 5 nitrogen and oxygen atoms in total. The SMILES string of the molecule is CCc1nc(C(=O)OC)c(N)n1Cc1ccc(Cl)s1. The number of halogens is 1. The Bertz CT molecular complexity index is 606. The number of esters is 1. The van der Waals surface area contributed by atoms with Crippen molar-refractivity contribution in [1.82, 2.24) is 9.55 Å². The highest BCUT2D eigenvalue weighted by Crippen LogP contribution is 2.25. The van der Waals surface area contributed by atoms with Crippen LogP contribution in [-0.4, -0.2) is 22.6 Å². The first-order chi connectivity index (χ1) is 9.06. The van der Waals surface area contributed by atoms with Crippen molar-refractivity contribution in [3.05, 3.63) is 32.9 Å². The minimum Gasteiger partial charge on any atom is -0.464 e. The maximum atomic E-state index is 11.6. The third-order valence-electron chi connectivity index (χ3n) is 2.72. The zero-order valence-corrected chi connectivity index (χ0v) is 12.2. The number of aromatic nitrogens is 2. The van der Waals surface area contributed by atoms with Gasteiger partial charge < -0.3 is 15.0 Å². The number of nitrogens with zero attached hydrogens (tertiary/aromatic N) is 2. The van der Waals surface area contributed by atoms with Gasteiger partial charge in [-0.05, 0) is 12.1 Å². The Morgan fingerprint density at radius 3 is 2.84 bits per heavy atom. The molecule has 0 aliphatic heterocycles. The Labute approximate surface area is 120 Å². The first-order valence-electron chi connectivity index (χ1n) is 5.74. The second-order valence-electron chi connectivity index (χ2n) is 3.90. The highest BCUT2D eigenvalue weighted by atomic mass is 35.5. The summed E-state index contributed by atoms with van der Waals surface area (Å²) in [5.74, 6) is 0.561. The number of methoxy groups -OCH3 is 1. The Kier molecular flexibility index (Phi) is 4.11. The van der Waals surface area contributed by atoms with Crippen molar-refractivity contribution in [1.29, 1.82) is 0 Å². The van der Waals surface area contributed by atoms with Gasteiger partial charge in [-0.2, -0.15) is 0 Å². The van der Waals surface area contributed by atoms with Gasteiger partial charge in [0, 0.05) is 11.3 Å². The number of rotatable bonds is 4. The highest BCUT2D eigenvalue weighted by Gasteiger charge is 2.20. The van der Waals surface area contributed by atoms with Gasteiger partial charge >= 0.3 is 5.97 Å². The Hall–Kier alpha value is -1.53. The van der Waals surface area contributed by atoms with Gasteiger partial charge in [-0.15, -0.1) is 11.3 Å². The predicted octanol–water partition coefficient (Wildman–Crippen LogP) is 2.58. The number of ether oxygens (including phenoxy) is 1. The molecule has 0 aromatic carbocycles. The minimum absolute atomic E-state index is 0.169. The van der Waals surface area contributed by atoms with Crippen LogP contribution in [0.5, 0.6) is 0 Å². The van der Waals surface area contributed by atoms with E-state index >= 15 is 0 Å². The molecule has 0 saturated heterocycles. The molecule has 0 aliphatic carbocycles. The van der Waals surface area contributed by atoms with Gasteiger partial charge in [-0.25, -0.2) is 9.78 Å². The molecule has 2 aromatic heterocycles. The summed E-state index contributed by atoms with van der Waals surface area (Å²) in [5.41, 5.74) is 6.15. The summed E-state index contributed by atoms with van der Waals surface area (Å²) in [6.45, 7) is 2.51. The molecule has 2 heterocycles. The third-order valence-corrected chi connectivity index (χ3v) is 3.94. The standard InChI is InChI=1S/C12H14ClN3O2S/c1-3-9-15-10(12(17)18-2)11(14)16(9)6-7-4-5-8(13)19-7/h4-5H,3,6,14H2,1-2H3. The lowest BCUT2D eigenvalue weighted by molar-refractivity contribution is 0.0595. The summed E-state index contributed by atoms with van der Waals surface area (Å²) in [4.78, 5) is 16.9. The average molecular weight is 300 g/mol. The van der Waals surface area contributed by atoms with E-state index in [0.717, 1.165) is 15.0 Å². The highest BCUT2D eigenvalue weighted by molar-refractivity contribution is 7.16. The summed E-state index contributed by atoms with van der Waals surface area (Å²) in [6.07, 6.45) is 0.681. The summed E-state index contributed by atoms with van der Waals surface area (Å²) in [5, 5.41) is 0. The molecule has 0 saturated carbocycles. The molecule has 2 rings (SSSR count). The van der Waals surface area contributed by atoms with Crippen molar-refractivity contribution in [3.8, 4) is 0 Å². The van der Waals surface area contributed by atoms with E-state index in [1.807, 2.05) is 23.6 Å². The Morgan fingerprint density at radius 2 is 2.32 bits per heavy atom. The molecule has 0 unspecified atom stereocenters. The molecule has 19 heavy (non-hydrogen) atoms. The van der Waals surface area contributed by atoms with Crippen molar-refractivity contribution in [2.75, 3.05) is 12.8 Å². The van der Waals surface area contributed by atoms with E-state index in [1.165, 1.54) is 18.4 Å². The van der Waals surface area contributed by atoms with Crippen LogP contribution in [0.2, 0.25) is 4.34 Å². The van der Waals surface area contributed by atoms with Crippen LogP contribution in [0.1, 0.15) is 28.1 Å². The van der Waals surface area contributed by atoms with Gasteiger partial charge in [0.1, 0.15) is 11.6 Å². The molecule has 0 aliphatic rings. The normalized spacial score (nSPS) is 10.7. The lowest BCUT2D eigenvalue weighted by Crippen LogP contribution is -2.09. The number of imidazole rings is 1. The average Bonchev–Trinajstić information content (AvgIpc) is 2.94. The van der Waals surface area contributed by atoms with E-state index in [4.69, 9.17) is 17.3 Å². The van der Waals surface area contributed by atoms with Crippen molar-refractivity contribution in [2.24, 2.45) is 0 Å². The third kappa shape index (κ3) is 2.74. The van der Waals surface area contributed by atoms with Crippen molar-refractivity contribution >= 4 is 34.7 Å². The van der Waals surface area contributed by atoms with Gasteiger partial charge in [0.15, 0.2) is 5.69 Å². The summed E-state index contributed by atoms with van der Waals surface area (Å²) in [7, 11) is 1.31. The second kappa shape index (κ2) is 5.63. The second-order valence-corrected chi connectivity index (χ2v) is 5.70. The van der Waals surface area contributed by atoms with Gasteiger partial charge in [0.2, 0.25) is 0 Å². The lowest BCUT2D eigenvalue weighted by Gasteiger charge is -2.06. The van der Waals surface area contributed by atoms with E-state index in [2.05, 4.69) is 9.72 Å². The zero-order valence-electron chi connectivity index (χ0n) is 10.6. The number of nitrogen functional groups attached to an aromatic ring is 1. The van der Waals surface area contributed by atoms with E-state index in [9.17, 15) is 4.79 Å². The largest absolute Gasteiger partial charge is 0.464 e. The van der Waals surface area contributed by atoms with Crippen molar-refractivity contribution in [2.45, 2.75) is 19.9 Å². The number of carbonyl (C=O) groups is 1. The van der Waals surface area contributed by atoms with E-state index < -0.39 is 5.97 Å². The lowest BCUT2D eigenvalue weighted by atomic mass is 10.4. The number of anilines is 1. The zero-order chi connectivity index (χ0) is 14.0. The molecule has 2 N–H and O–H groups in total. The molecule has 102 valence electrons. The molecule has 0 amide bonds. The summed E-state index contributed by atoms with van der Waals surface area (Å²) >= 11 is 7.39. The molecule has 0 atom stereocenters. The molecule has 0 radical (unpaired) electrons. The fourth-order valence-electron chi connectivity index (χ4n) is 1.80. The fraction of sp³-hybridized carbons (Fsp3) is 0.333. The van der Waals surface area contributed by atoms with E-state index in [-0.39, 0.29) is 5.69 Å². The van der Waals surface area contributed by atoms with Gasteiger partial charge in [0.25, 0.3) is 0 Å². The van der Waals surface area contributed by atoms with Crippen LogP contribution in [-0.2, 0) is 17.7 Å². The molecular formula is C12H14ClN3O2S. The van der Waals surface area contributed by atoms with Crippen LogP contribution in [0.3, 0.4) is 0 Å². The first kappa shape index (κ1) is 13.9. The van der Waals surface area contributed by atoms with Crippen molar-refractivity contribution < 1.29 is 9.53 Å². The number of hydrogen-bond acceptors (Lipinski definition) is 5. The molecular weight excluding hydrogens is 286 g/mol. The number of hydrogen-bond donors (Lipinski definition) is 1. The number of nitrogens with two attached hydrogens (primary N) is 1. The first-order valence-corrected chi connectivity index (χ1v) is 6.93. The van der Waals surface area contributed by atoms with E-state index in [0.29, 0.717) is 18.8 Å². The van der Waals surface area contributed by atoms with Crippen LogP contribution in [0.4, 0.5) is 5.82 Å². The summed E-state index contributed by atoms with van der Waals surface area (Å²) in [6, 6.07) is 3.77. The maximum Gasteiger partial charge on any atom is 0.360 e. The predicted molar refractivity (Wildman–Crippen MR) is 75.8 cm³/mol. The van der Waals surface area contributed by atoms with Gasteiger partial charge in [0.05, 0.1) is 18.0 Å². The maximum absolute atomic E-state index is 11.6. The van der Waals surface area contributed by atoms with Crippen LogP contribution in [0.25, 0.3) is 0 Å². The smallest absolute Gasteiger partial charge is 0.360 e. The number of carbonyl (C=O) groups excluding carboxylic acids is 1. The number of aryl methyl sites for hydroxylation is 1. The van der Waals surface area contributed by atoms with Crippen LogP contribution < -0.4 is 5.73 Å². The summed E-state index contributed by atoms with van der Waals surface area (Å²) < 4.78 is 7.21. The molecule has 2 aromatic rings. The minimum atomic E-state index is -0.518. The topological polar surface area (TPSA) is 70.1 Å². The van der Waals surface area contributed by atoms with Crippen LogP contribution in [0.15, 0.2) is 12.1 Å². The molecule has 0 bridgehead atoms. The molecule has 0 fully saturated rings. The fourth-order valence-corrected chi connectivity index (χ4v) is 2.88. The van der Waals surface area contributed by atoms with Crippen LogP contribution in [0, 0.1) is 0 Å². The Morgan fingerprint density at radius 1 is 1.58 bits per heavy atom. The van der Waals surface area contributed by atoms with Gasteiger partial charge in [-0.3, -0.25) is 0 Å². The molecule has 7 heteroatoms. The molecule has 0 spiro atoms. The van der Waals surface area contributed by atoms with Crippen molar-refractivity contribution in [3.63, 3.8) is 0 Å². The Balaban J connectivity index is 2.38. The monoisotopic (exact) mass is 299 g/mol. The van der Waals surface area contributed by atoms with Gasteiger partial charge in [-0.1, -0.05) is 18.5 Å². The van der Waals surface area contributed by atoms with Crippen LogP contribution >= 0.6 is 22.9 Å². The van der Waals surface area contributed by atoms with E-state index in [1.54, 1.807) is 0 Å². The quantitative estimate of drug-likeness (QED) is 0.881. The number of thiophene rings is 1.